The van der Waals surface area contributed by atoms with E-state index < -0.39 is 23.0 Å². The van der Waals surface area contributed by atoms with Crippen molar-refractivity contribution in [1.82, 2.24) is 0 Å². The summed E-state index contributed by atoms with van der Waals surface area (Å²) in [5, 5.41) is 11.5. The summed E-state index contributed by atoms with van der Waals surface area (Å²) in [6, 6.07) is 3.66. The predicted molar refractivity (Wildman–Crippen MR) is 104 cm³/mol. The summed E-state index contributed by atoms with van der Waals surface area (Å²) >= 11 is 0. The lowest BCUT2D eigenvalue weighted by Crippen LogP contribution is -2.57. The van der Waals surface area contributed by atoms with Crippen molar-refractivity contribution in [2.24, 2.45) is 11.3 Å². The van der Waals surface area contributed by atoms with Crippen molar-refractivity contribution < 1.29 is 33.6 Å². The highest BCUT2D eigenvalue weighted by Crippen LogP contribution is 2.64. The zero-order chi connectivity index (χ0) is 21.0. The SMILES string of the molecule is C=CC[C@]12C=C(OC)C(=O)[C@](OC)([C@H](c3cc(OC)c4c(c3)OCO4)[C@@H]1C)[C@@H]2O. The molecule has 2 aliphatic carbocycles. The lowest BCUT2D eigenvalue weighted by molar-refractivity contribution is -0.162. The van der Waals surface area contributed by atoms with Gasteiger partial charge in [0, 0.05) is 18.4 Å². The molecule has 7 heteroatoms. The summed E-state index contributed by atoms with van der Waals surface area (Å²) in [4.78, 5) is 13.5. The molecule has 1 saturated carbocycles. The Morgan fingerprint density at radius 3 is 2.66 bits per heavy atom. The van der Waals surface area contributed by atoms with E-state index in [2.05, 4.69) is 6.58 Å². The zero-order valence-electron chi connectivity index (χ0n) is 17.1. The van der Waals surface area contributed by atoms with Crippen LogP contribution in [0.1, 0.15) is 24.8 Å². The molecule has 0 spiro atoms. The molecular weight excluding hydrogens is 376 g/mol. The van der Waals surface area contributed by atoms with Gasteiger partial charge in [-0.25, -0.2) is 0 Å². The number of rotatable bonds is 6. The van der Waals surface area contributed by atoms with Crippen LogP contribution in [0, 0.1) is 11.3 Å². The van der Waals surface area contributed by atoms with Gasteiger partial charge in [0.05, 0.1) is 14.2 Å². The number of carbonyl (C=O) groups excluding carboxylic acids is 1. The Morgan fingerprint density at radius 2 is 2.03 bits per heavy atom. The molecular formula is C22H26O7. The van der Waals surface area contributed by atoms with E-state index in [9.17, 15) is 9.90 Å². The zero-order valence-corrected chi connectivity index (χ0v) is 17.1. The number of methoxy groups -OCH3 is 3. The molecule has 0 aromatic heterocycles. The Bertz CT molecular complexity index is 891. The third-order valence-electron chi connectivity index (χ3n) is 6.80. The average molecular weight is 402 g/mol. The number of ether oxygens (including phenoxy) is 5. The highest BCUT2D eigenvalue weighted by Gasteiger charge is 2.72. The maximum absolute atomic E-state index is 13.5. The number of carbonyl (C=O) groups is 1. The largest absolute Gasteiger partial charge is 0.493 e. The molecule has 4 rings (SSSR count). The second kappa shape index (κ2) is 6.78. The monoisotopic (exact) mass is 402 g/mol. The van der Waals surface area contributed by atoms with Gasteiger partial charge in [-0.15, -0.1) is 6.58 Å². The lowest BCUT2D eigenvalue weighted by Gasteiger charge is -2.41. The number of aliphatic hydroxyl groups is 1. The third-order valence-corrected chi connectivity index (χ3v) is 6.80. The standard InChI is InChI=1S/C22H26O7/c1-6-7-21-10-16(26-4)19(23)22(27-5,20(21)24)17(12(21)2)13-8-14(25-3)18-15(9-13)28-11-29-18/h6,8-10,12,17,20,24H,1,7,11H2,2-5H3/t12-,17-,20+,21-,22+/m0/s1. The van der Waals surface area contributed by atoms with Gasteiger partial charge in [-0.05, 0) is 36.1 Å². The van der Waals surface area contributed by atoms with Crippen molar-refractivity contribution >= 4 is 5.78 Å². The number of allylic oxidation sites excluding steroid dienone is 1. The van der Waals surface area contributed by atoms with E-state index in [4.69, 9.17) is 23.7 Å². The summed E-state index contributed by atoms with van der Waals surface area (Å²) in [7, 11) is 4.45. The number of Topliss-reactive ketones (excluding diaryl/α,β-unsaturated/α-hetero) is 1. The summed E-state index contributed by atoms with van der Waals surface area (Å²) in [6.07, 6.45) is 2.90. The quantitative estimate of drug-likeness (QED) is 0.732. The first-order valence-electron chi connectivity index (χ1n) is 9.54. The van der Waals surface area contributed by atoms with Gasteiger partial charge in [0.1, 0.15) is 6.10 Å². The van der Waals surface area contributed by atoms with Gasteiger partial charge in [-0.2, -0.15) is 0 Å². The number of benzene rings is 1. The molecule has 5 atom stereocenters. The van der Waals surface area contributed by atoms with Crippen LogP contribution in [0.3, 0.4) is 0 Å². The molecule has 1 aliphatic heterocycles. The Kier molecular flexibility index (Phi) is 4.63. The van der Waals surface area contributed by atoms with Gasteiger partial charge in [0.25, 0.3) is 0 Å². The van der Waals surface area contributed by atoms with Crippen LogP contribution >= 0.6 is 0 Å². The highest BCUT2D eigenvalue weighted by molar-refractivity contribution is 6.04. The fraction of sp³-hybridized carbons (Fsp3) is 0.500. The van der Waals surface area contributed by atoms with Gasteiger partial charge >= 0.3 is 0 Å². The number of fused-ring (bicyclic) bond motifs is 3. The van der Waals surface area contributed by atoms with Crippen LogP contribution in [0.25, 0.3) is 0 Å². The molecule has 156 valence electrons. The highest BCUT2D eigenvalue weighted by atomic mass is 16.7. The Hall–Kier alpha value is -2.51. The molecule has 3 aliphatic rings. The second-order valence-corrected chi connectivity index (χ2v) is 7.77. The van der Waals surface area contributed by atoms with E-state index in [-0.39, 0.29) is 24.3 Å². The lowest BCUT2D eigenvalue weighted by atomic mass is 9.70. The van der Waals surface area contributed by atoms with Gasteiger partial charge < -0.3 is 28.8 Å². The fourth-order valence-electron chi connectivity index (χ4n) is 5.43. The number of aliphatic hydroxyl groups excluding tert-OH is 1. The van der Waals surface area contributed by atoms with Gasteiger partial charge in [-0.3, -0.25) is 4.79 Å². The van der Waals surface area contributed by atoms with Crippen LogP contribution < -0.4 is 14.2 Å². The van der Waals surface area contributed by atoms with Crippen molar-refractivity contribution in [3.05, 3.63) is 42.2 Å². The van der Waals surface area contributed by atoms with Crippen LogP contribution in [0.15, 0.2) is 36.6 Å². The van der Waals surface area contributed by atoms with Crippen LogP contribution in [0.4, 0.5) is 0 Å². The third kappa shape index (κ3) is 2.34. The number of hydrogen-bond donors (Lipinski definition) is 1. The van der Waals surface area contributed by atoms with E-state index in [1.807, 2.05) is 19.1 Å². The van der Waals surface area contributed by atoms with Crippen LogP contribution in [-0.2, 0) is 14.3 Å². The molecule has 0 amide bonds. The topological polar surface area (TPSA) is 83.5 Å². The van der Waals surface area contributed by atoms with Crippen molar-refractivity contribution in [3.63, 3.8) is 0 Å². The molecule has 0 unspecified atom stereocenters. The minimum absolute atomic E-state index is 0.0993. The molecule has 29 heavy (non-hydrogen) atoms. The van der Waals surface area contributed by atoms with E-state index in [0.29, 0.717) is 23.7 Å². The Morgan fingerprint density at radius 1 is 1.28 bits per heavy atom. The summed E-state index contributed by atoms with van der Waals surface area (Å²) < 4.78 is 27.8. The summed E-state index contributed by atoms with van der Waals surface area (Å²) in [5.74, 6) is 0.759. The first kappa shape index (κ1) is 19.8. The summed E-state index contributed by atoms with van der Waals surface area (Å²) in [5.41, 5.74) is -1.49. The first-order chi connectivity index (χ1) is 13.9. The van der Waals surface area contributed by atoms with E-state index in [1.165, 1.54) is 14.2 Å². The molecule has 0 saturated heterocycles. The summed E-state index contributed by atoms with van der Waals surface area (Å²) in [6.45, 7) is 5.97. The first-order valence-corrected chi connectivity index (χ1v) is 9.54. The van der Waals surface area contributed by atoms with E-state index >= 15 is 0 Å². The average Bonchev–Trinajstić information content (AvgIpc) is 3.24. The normalized spacial score (nSPS) is 34.7. The van der Waals surface area contributed by atoms with Gasteiger partial charge in [-0.1, -0.05) is 13.0 Å². The van der Waals surface area contributed by atoms with Crippen molar-refractivity contribution in [3.8, 4) is 17.2 Å². The molecule has 1 aromatic carbocycles. The van der Waals surface area contributed by atoms with Gasteiger partial charge in [0.2, 0.25) is 18.3 Å². The van der Waals surface area contributed by atoms with E-state index in [0.717, 1.165) is 5.56 Å². The smallest absolute Gasteiger partial charge is 0.232 e. The second-order valence-electron chi connectivity index (χ2n) is 7.77. The number of ketones is 1. The maximum Gasteiger partial charge on any atom is 0.232 e. The molecule has 2 bridgehead atoms. The van der Waals surface area contributed by atoms with Crippen LogP contribution in [0.5, 0.6) is 17.2 Å². The molecule has 7 nitrogen and oxygen atoms in total. The van der Waals surface area contributed by atoms with Crippen molar-refractivity contribution in [2.45, 2.75) is 31.0 Å². The van der Waals surface area contributed by atoms with E-state index in [1.54, 1.807) is 19.3 Å². The van der Waals surface area contributed by atoms with Crippen LogP contribution in [0.2, 0.25) is 0 Å². The number of hydrogen-bond acceptors (Lipinski definition) is 7. The Balaban J connectivity index is 1.96. The fourth-order valence-corrected chi connectivity index (χ4v) is 5.43. The predicted octanol–water partition coefficient (Wildman–Crippen LogP) is 2.58. The van der Waals surface area contributed by atoms with Gasteiger partial charge in [0.15, 0.2) is 22.9 Å². The molecule has 1 heterocycles. The minimum Gasteiger partial charge on any atom is -0.493 e. The van der Waals surface area contributed by atoms with Crippen LogP contribution in [-0.4, -0.2) is 50.7 Å². The molecule has 1 N–H and O–H groups in total. The van der Waals surface area contributed by atoms with Crippen molar-refractivity contribution in [1.29, 1.82) is 0 Å². The van der Waals surface area contributed by atoms with Crippen molar-refractivity contribution in [2.75, 3.05) is 28.1 Å². The molecule has 1 aromatic rings. The Labute approximate surface area is 169 Å². The minimum atomic E-state index is -1.50. The maximum atomic E-state index is 13.5. The molecule has 1 fully saturated rings. The molecule has 0 radical (unpaired) electrons.